The number of fused-ring (bicyclic) bond motifs is 2. The lowest BCUT2D eigenvalue weighted by molar-refractivity contribution is 0.110. The number of rotatable bonds is 13. The van der Waals surface area contributed by atoms with Gasteiger partial charge in [-0.05, 0) is 80.9 Å². The van der Waals surface area contributed by atoms with Crippen molar-refractivity contribution in [1.29, 1.82) is 0 Å². The van der Waals surface area contributed by atoms with E-state index in [1.807, 2.05) is 0 Å². The number of unbranched alkanes of at least 4 members (excludes halogenated alkanes) is 6. The van der Waals surface area contributed by atoms with Gasteiger partial charge in [0.25, 0.3) is 0 Å². The fourth-order valence-corrected chi connectivity index (χ4v) is 4.70. The van der Waals surface area contributed by atoms with E-state index >= 15 is 0 Å². The second-order valence-electron chi connectivity index (χ2n) is 9.19. The number of aliphatic hydroxyl groups excluding tert-OH is 1. The van der Waals surface area contributed by atoms with Gasteiger partial charge in [0, 0.05) is 17.6 Å². The molecule has 0 aliphatic heterocycles. The van der Waals surface area contributed by atoms with Gasteiger partial charge >= 0.3 is 0 Å². The van der Waals surface area contributed by atoms with E-state index in [2.05, 4.69) is 43.0 Å². The first-order valence-electron chi connectivity index (χ1n) is 12.5. The Bertz CT molecular complexity index is 761. The first-order chi connectivity index (χ1) is 14.7. The molecule has 1 aliphatic carbocycles. The standard InChI is InChI=1S/C27H42N2O/c1-3-5-7-11-17-29(18-12-8-6-4-2)21-27(30)23-15-16-26-24(20-23)19-22-13-9-10-14-25(22)28-26/h15-16,19-20,27,30H,3-14,17-18,21H2,1-2H3. The van der Waals surface area contributed by atoms with E-state index in [4.69, 9.17) is 4.98 Å². The molecule has 3 heteroatoms. The molecule has 1 N–H and O–H groups in total. The molecule has 1 aromatic heterocycles. The van der Waals surface area contributed by atoms with Crippen molar-refractivity contribution in [1.82, 2.24) is 9.88 Å². The Labute approximate surface area is 183 Å². The number of pyridine rings is 1. The lowest BCUT2D eigenvalue weighted by Crippen LogP contribution is -2.31. The van der Waals surface area contributed by atoms with E-state index in [9.17, 15) is 5.11 Å². The summed E-state index contributed by atoms with van der Waals surface area (Å²) >= 11 is 0. The summed E-state index contributed by atoms with van der Waals surface area (Å²) < 4.78 is 0. The molecule has 0 radical (unpaired) electrons. The van der Waals surface area contributed by atoms with Crippen LogP contribution in [-0.2, 0) is 12.8 Å². The van der Waals surface area contributed by atoms with Crippen LogP contribution in [0.25, 0.3) is 10.9 Å². The number of aliphatic hydroxyl groups is 1. The number of benzene rings is 1. The highest BCUT2D eigenvalue weighted by atomic mass is 16.3. The van der Waals surface area contributed by atoms with E-state index in [-0.39, 0.29) is 0 Å². The average molecular weight is 411 g/mol. The molecule has 2 aromatic rings. The quantitative estimate of drug-likeness (QED) is 0.377. The van der Waals surface area contributed by atoms with Gasteiger partial charge in [-0.3, -0.25) is 4.98 Å². The molecule has 1 atom stereocenters. The number of nitrogens with zero attached hydrogens (tertiary/aromatic N) is 2. The molecule has 0 spiro atoms. The molecule has 30 heavy (non-hydrogen) atoms. The molecule has 1 unspecified atom stereocenters. The molecule has 3 rings (SSSR count). The smallest absolute Gasteiger partial charge is 0.0917 e. The highest BCUT2D eigenvalue weighted by Gasteiger charge is 2.16. The minimum atomic E-state index is -0.428. The monoisotopic (exact) mass is 410 g/mol. The summed E-state index contributed by atoms with van der Waals surface area (Å²) in [6.07, 6.45) is 14.6. The minimum Gasteiger partial charge on any atom is -0.387 e. The third-order valence-electron chi connectivity index (χ3n) is 6.59. The molecule has 0 amide bonds. The summed E-state index contributed by atoms with van der Waals surface area (Å²) in [6.45, 7) is 7.47. The second-order valence-corrected chi connectivity index (χ2v) is 9.19. The highest BCUT2D eigenvalue weighted by molar-refractivity contribution is 5.80. The lowest BCUT2D eigenvalue weighted by atomic mass is 9.94. The normalized spacial score (nSPS) is 14.9. The molecule has 0 fully saturated rings. The van der Waals surface area contributed by atoms with Gasteiger partial charge in [0.2, 0.25) is 0 Å². The van der Waals surface area contributed by atoms with Crippen molar-refractivity contribution < 1.29 is 5.11 Å². The summed E-state index contributed by atoms with van der Waals surface area (Å²) in [6, 6.07) is 8.69. The number of aromatic nitrogens is 1. The van der Waals surface area contributed by atoms with Gasteiger partial charge in [-0.15, -0.1) is 0 Å². The Kier molecular flexibility index (Phi) is 9.61. The Balaban J connectivity index is 1.65. The zero-order chi connectivity index (χ0) is 21.2. The molecular weight excluding hydrogens is 368 g/mol. The summed E-state index contributed by atoms with van der Waals surface area (Å²) in [4.78, 5) is 7.39. The summed E-state index contributed by atoms with van der Waals surface area (Å²) in [5.74, 6) is 0. The van der Waals surface area contributed by atoms with Gasteiger partial charge in [-0.2, -0.15) is 0 Å². The molecule has 1 aromatic carbocycles. The largest absolute Gasteiger partial charge is 0.387 e. The van der Waals surface area contributed by atoms with Gasteiger partial charge in [0.1, 0.15) is 0 Å². The zero-order valence-electron chi connectivity index (χ0n) is 19.3. The van der Waals surface area contributed by atoms with Crippen molar-refractivity contribution in [3.63, 3.8) is 0 Å². The number of aryl methyl sites for hydroxylation is 2. The van der Waals surface area contributed by atoms with Crippen LogP contribution in [0.3, 0.4) is 0 Å². The van der Waals surface area contributed by atoms with E-state index in [0.717, 1.165) is 43.6 Å². The predicted molar refractivity (Wildman–Crippen MR) is 128 cm³/mol. The molecule has 166 valence electrons. The second kappa shape index (κ2) is 12.4. The Hall–Kier alpha value is -1.45. The van der Waals surface area contributed by atoms with Crippen LogP contribution in [0.4, 0.5) is 0 Å². The molecule has 0 saturated carbocycles. The SMILES string of the molecule is CCCCCCN(CCCCCC)CC(O)c1ccc2nc3c(cc2c1)CCCC3. The van der Waals surface area contributed by atoms with Crippen LogP contribution in [0.5, 0.6) is 0 Å². The van der Waals surface area contributed by atoms with Crippen molar-refractivity contribution in [2.45, 2.75) is 97.0 Å². The van der Waals surface area contributed by atoms with E-state index < -0.39 is 6.10 Å². The first kappa shape index (κ1) is 23.2. The fourth-order valence-electron chi connectivity index (χ4n) is 4.70. The van der Waals surface area contributed by atoms with Gasteiger partial charge in [0.15, 0.2) is 0 Å². The van der Waals surface area contributed by atoms with Crippen LogP contribution in [0.2, 0.25) is 0 Å². The number of hydrogen-bond acceptors (Lipinski definition) is 3. The topological polar surface area (TPSA) is 36.4 Å². The van der Waals surface area contributed by atoms with Crippen LogP contribution in [0.15, 0.2) is 24.3 Å². The highest BCUT2D eigenvalue weighted by Crippen LogP contribution is 2.26. The Morgan fingerprint density at radius 1 is 0.900 bits per heavy atom. The van der Waals surface area contributed by atoms with Gasteiger partial charge in [-0.25, -0.2) is 0 Å². The van der Waals surface area contributed by atoms with Crippen LogP contribution < -0.4 is 0 Å². The minimum absolute atomic E-state index is 0.428. The van der Waals surface area contributed by atoms with Crippen molar-refractivity contribution >= 4 is 10.9 Å². The van der Waals surface area contributed by atoms with Gasteiger partial charge in [0.05, 0.1) is 11.6 Å². The maximum atomic E-state index is 11.0. The van der Waals surface area contributed by atoms with E-state index in [0.29, 0.717) is 0 Å². The van der Waals surface area contributed by atoms with Crippen LogP contribution >= 0.6 is 0 Å². The van der Waals surface area contributed by atoms with Gasteiger partial charge < -0.3 is 10.0 Å². The number of hydrogen-bond donors (Lipinski definition) is 1. The molecular formula is C27H42N2O. The summed E-state index contributed by atoms with van der Waals surface area (Å²) in [5, 5.41) is 12.2. The van der Waals surface area contributed by atoms with Crippen molar-refractivity contribution in [3.05, 3.63) is 41.1 Å². The van der Waals surface area contributed by atoms with E-state index in [1.165, 1.54) is 80.9 Å². The summed E-state index contributed by atoms with van der Waals surface area (Å²) in [5.41, 5.74) is 4.80. The lowest BCUT2D eigenvalue weighted by Gasteiger charge is -2.25. The third-order valence-corrected chi connectivity index (χ3v) is 6.59. The molecule has 1 aliphatic rings. The predicted octanol–water partition coefficient (Wildman–Crippen LogP) is 6.61. The molecule has 1 heterocycles. The fraction of sp³-hybridized carbons (Fsp3) is 0.667. The van der Waals surface area contributed by atoms with Gasteiger partial charge in [-0.1, -0.05) is 58.4 Å². The summed E-state index contributed by atoms with van der Waals surface area (Å²) in [7, 11) is 0. The molecule has 3 nitrogen and oxygen atoms in total. The van der Waals surface area contributed by atoms with Crippen LogP contribution in [-0.4, -0.2) is 34.6 Å². The third kappa shape index (κ3) is 6.78. The van der Waals surface area contributed by atoms with Crippen molar-refractivity contribution in [3.8, 4) is 0 Å². The first-order valence-corrected chi connectivity index (χ1v) is 12.5. The molecule has 0 bridgehead atoms. The van der Waals surface area contributed by atoms with Crippen LogP contribution in [0.1, 0.15) is 101 Å². The maximum absolute atomic E-state index is 11.0. The zero-order valence-corrected chi connectivity index (χ0v) is 19.3. The van der Waals surface area contributed by atoms with Crippen molar-refractivity contribution in [2.75, 3.05) is 19.6 Å². The van der Waals surface area contributed by atoms with E-state index in [1.54, 1.807) is 0 Å². The Morgan fingerprint density at radius 2 is 1.60 bits per heavy atom. The van der Waals surface area contributed by atoms with Crippen LogP contribution in [0, 0.1) is 0 Å². The Morgan fingerprint density at radius 3 is 2.30 bits per heavy atom. The van der Waals surface area contributed by atoms with Crippen molar-refractivity contribution in [2.24, 2.45) is 0 Å². The average Bonchev–Trinajstić information content (AvgIpc) is 2.77. The molecule has 0 saturated heterocycles. The maximum Gasteiger partial charge on any atom is 0.0917 e.